The predicted molar refractivity (Wildman–Crippen MR) is 163 cm³/mol. The van der Waals surface area contributed by atoms with Crippen molar-refractivity contribution in [2.75, 3.05) is 38.5 Å². The van der Waals surface area contributed by atoms with E-state index >= 15 is 0 Å². The van der Waals surface area contributed by atoms with Crippen molar-refractivity contribution in [3.05, 3.63) is 83.9 Å². The third-order valence-electron chi connectivity index (χ3n) is 7.42. The number of aromatic nitrogens is 2. The van der Waals surface area contributed by atoms with Gasteiger partial charge in [-0.15, -0.1) is 11.8 Å². The number of nitrogens with zero attached hydrogens (tertiary/aromatic N) is 3. The number of anilines is 1. The number of hydrogen-bond donors (Lipinski definition) is 1. The van der Waals surface area contributed by atoms with Gasteiger partial charge >= 0.3 is 0 Å². The molecule has 1 aromatic heterocycles. The Morgan fingerprint density at radius 3 is 2.33 bits per heavy atom. The summed E-state index contributed by atoms with van der Waals surface area (Å²) in [6, 6.07) is 23.2. The Morgan fingerprint density at radius 1 is 0.952 bits per heavy atom. The maximum absolute atomic E-state index is 13.9. The van der Waals surface area contributed by atoms with Crippen LogP contribution in [0, 0.1) is 0 Å². The lowest BCUT2D eigenvalue weighted by Gasteiger charge is -2.23. The summed E-state index contributed by atoms with van der Waals surface area (Å²) in [7, 11) is 4.87. The van der Waals surface area contributed by atoms with Crippen molar-refractivity contribution in [2.45, 2.75) is 24.1 Å². The molecule has 0 spiro atoms. The van der Waals surface area contributed by atoms with E-state index in [2.05, 4.69) is 5.32 Å². The number of amides is 2. The van der Waals surface area contributed by atoms with Gasteiger partial charge in [-0.1, -0.05) is 30.3 Å². The van der Waals surface area contributed by atoms with Gasteiger partial charge in [0, 0.05) is 22.7 Å². The molecule has 216 valence electrons. The molecule has 1 atom stereocenters. The molecule has 42 heavy (non-hydrogen) atoms. The quantitative estimate of drug-likeness (QED) is 0.296. The van der Waals surface area contributed by atoms with Crippen LogP contribution in [0.3, 0.4) is 0 Å². The van der Waals surface area contributed by atoms with Gasteiger partial charge in [0.25, 0.3) is 0 Å². The summed E-state index contributed by atoms with van der Waals surface area (Å²) >= 11 is 1.49. The average Bonchev–Trinajstić information content (AvgIpc) is 3.78. The minimum absolute atomic E-state index is 0.110. The van der Waals surface area contributed by atoms with Gasteiger partial charge in [-0.25, -0.2) is 4.68 Å². The Hall–Kier alpha value is -4.44. The molecular weight excluding hydrogens is 552 g/mol. The van der Waals surface area contributed by atoms with Crippen LogP contribution in [-0.2, 0) is 9.59 Å². The van der Waals surface area contributed by atoms with Gasteiger partial charge in [0.2, 0.25) is 11.8 Å². The van der Waals surface area contributed by atoms with Gasteiger partial charge in [0.15, 0.2) is 0 Å². The van der Waals surface area contributed by atoms with E-state index in [9.17, 15) is 9.59 Å². The van der Waals surface area contributed by atoms with Crippen LogP contribution in [0.15, 0.2) is 72.8 Å². The number of carbonyl (C=O) groups excluding carboxylic acids is 2. The zero-order valence-corrected chi connectivity index (χ0v) is 24.5. The summed E-state index contributed by atoms with van der Waals surface area (Å²) in [5.74, 6) is 2.39. The smallest absolute Gasteiger partial charge is 0.240 e. The highest BCUT2D eigenvalue weighted by molar-refractivity contribution is 8.00. The van der Waals surface area contributed by atoms with Crippen molar-refractivity contribution >= 4 is 29.4 Å². The van der Waals surface area contributed by atoms with Gasteiger partial charge in [-0.05, 0) is 55.3 Å². The van der Waals surface area contributed by atoms with Crippen LogP contribution < -0.4 is 24.4 Å². The molecule has 0 bridgehead atoms. The van der Waals surface area contributed by atoms with Gasteiger partial charge in [-0.2, -0.15) is 5.10 Å². The molecule has 2 amide bonds. The van der Waals surface area contributed by atoms with Gasteiger partial charge in [0.1, 0.15) is 29.6 Å². The molecule has 1 N–H and O–H groups in total. The normalized spacial score (nSPS) is 16.4. The van der Waals surface area contributed by atoms with Gasteiger partial charge in [0.05, 0.1) is 43.7 Å². The number of ether oxygens (including phenoxy) is 3. The Kier molecular flexibility index (Phi) is 7.80. The molecule has 1 aliphatic carbocycles. The fourth-order valence-electron chi connectivity index (χ4n) is 5.17. The van der Waals surface area contributed by atoms with Crippen LogP contribution in [0.4, 0.5) is 5.82 Å². The molecule has 9 nitrogen and oxygen atoms in total. The summed E-state index contributed by atoms with van der Waals surface area (Å²) in [5.41, 5.74) is 4.01. The molecule has 0 saturated heterocycles. The van der Waals surface area contributed by atoms with Crippen molar-refractivity contribution in [3.63, 3.8) is 0 Å². The highest BCUT2D eigenvalue weighted by Gasteiger charge is 2.39. The second kappa shape index (κ2) is 11.8. The molecule has 3 aromatic carbocycles. The van der Waals surface area contributed by atoms with E-state index in [1.807, 2.05) is 72.8 Å². The zero-order chi connectivity index (χ0) is 29.2. The molecule has 1 unspecified atom stereocenters. The number of thioether (sulfide) groups is 1. The number of methoxy groups -OCH3 is 3. The van der Waals surface area contributed by atoms with E-state index in [1.54, 1.807) is 30.9 Å². The second-order valence-electron chi connectivity index (χ2n) is 10.2. The number of nitrogens with one attached hydrogen (secondary N) is 1. The lowest BCUT2D eigenvalue weighted by Crippen LogP contribution is -2.43. The van der Waals surface area contributed by atoms with Crippen molar-refractivity contribution in [1.82, 2.24) is 15.1 Å². The summed E-state index contributed by atoms with van der Waals surface area (Å²) in [6.07, 6.45) is 1.92. The van der Waals surface area contributed by atoms with Crippen LogP contribution in [0.1, 0.15) is 29.2 Å². The van der Waals surface area contributed by atoms with E-state index in [0.717, 1.165) is 35.2 Å². The van der Waals surface area contributed by atoms with Gasteiger partial charge in [-0.3, -0.25) is 14.5 Å². The van der Waals surface area contributed by atoms with Crippen LogP contribution >= 0.6 is 11.8 Å². The standard InChI is InChI=1S/C32H32N4O5S/c1-39-23-13-11-22(12-14-23)36-32-29(30(34-36)20-7-5-4-6-8-20)31(25-17-24(40-2)15-16-26(25)41-3)42-19-28(38)35(32)18-27(37)33-21-9-10-21/h4-8,11-17,21,31H,9-10,18-19H2,1-3H3,(H,33,37). The highest BCUT2D eigenvalue weighted by atomic mass is 32.2. The first-order chi connectivity index (χ1) is 20.5. The molecule has 0 radical (unpaired) electrons. The maximum Gasteiger partial charge on any atom is 0.240 e. The van der Waals surface area contributed by atoms with Crippen molar-refractivity contribution in [1.29, 1.82) is 0 Å². The number of benzene rings is 3. The zero-order valence-electron chi connectivity index (χ0n) is 23.7. The van der Waals surface area contributed by atoms with E-state index < -0.39 is 0 Å². The van der Waals surface area contributed by atoms with E-state index in [0.29, 0.717) is 28.8 Å². The molecule has 1 saturated carbocycles. The predicted octanol–water partition coefficient (Wildman–Crippen LogP) is 5.01. The number of carbonyl (C=O) groups is 2. The lowest BCUT2D eigenvalue weighted by atomic mass is 9.98. The van der Waals surface area contributed by atoms with E-state index in [4.69, 9.17) is 19.3 Å². The third-order valence-corrected chi connectivity index (χ3v) is 8.65. The summed E-state index contributed by atoms with van der Waals surface area (Å²) < 4.78 is 18.6. The van der Waals surface area contributed by atoms with E-state index in [-0.39, 0.29) is 35.4 Å². The SMILES string of the molecule is COc1ccc(-n2nc(-c3ccccc3)c3c2N(CC(=O)NC2CC2)C(=O)CSC3c2cc(OC)ccc2OC)cc1. The Balaban J connectivity index is 1.62. The Morgan fingerprint density at radius 2 is 1.67 bits per heavy atom. The molecule has 2 aliphatic rings. The molecule has 4 aromatic rings. The molecule has 1 aliphatic heterocycles. The maximum atomic E-state index is 13.9. The van der Waals surface area contributed by atoms with Crippen LogP contribution in [0.5, 0.6) is 17.2 Å². The summed E-state index contributed by atoms with van der Waals surface area (Å²) in [4.78, 5) is 28.7. The fourth-order valence-corrected chi connectivity index (χ4v) is 6.38. The number of rotatable bonds is 9. The van der Waals surface area contributed by atoms with Crippen molar-refractivity contribution in [3.8, 4) is 34.2 Å². The number of hydrogen-bond acceptors (Lipinski definition) is 7. The highest BCUT2D eigenvalue weighted by Crippen LogP contribution is 2.51. The average molecular weight is 585 g/mol. The number of fused-ring (bicyclic) bond motifs is 1. The first-order valence-corrected chi connectivity index (χ1v) is 14.8. The fraction of sp³-hybridized carbons (Fsp3) is 0.281. The topological polar surface area (TPSA) is 94.9 Å². The minimum atomic E-state index is -0.354. The first-order valence-electron chi connectivity index (χ1n) is 13.8. The minimum Gasteiger partial charge on any atom is -0.497 e. The molecule has 6 rings (SSSR count). The van der Waals surface area contributed by atoms with Crippen LogP contribution in [-0.4, -0.2) is 61.3 Å². The lowest BCUT2D eigenvalue weighted by molar-refractivity contribution is -0.123. The van der Waals surface area contributed by atoms with Gasteiger partial charge < -0.3 is 19.5 Å². The summed E-state index contributed by atoms with van der Waals surface area (Å²) in [5, 5.41) is 7.82. The molecule has 1 fully saturated rings. The molecule has 2 heterocycles. The Labute approximate surface area is 248 Å². The second-order valence-corrected chi connectivity index (χ2v) is 11.3. The summed E-state index contributed by atoms with van der Waals surface area (Å²) in [6.45, 7) is -0.110. The third kappa shape index (κ3) is 5.42. The van der Waals surface area contributed by atoms with Crippen LogP contribution in [0.25, 0.3) is 16.9 Å². The molecule has 10 heteroatoms. The van der Waals surface area contributed by atoms with Crippen molar-refractivity contribution in [2.24, 2.45) is 0 Å². The largest absolute Gasteiger partial charge is 0.497 e. The monoisotopic (exact) mass is 584 g/mol. The first kappa shape index (κ1) is 27.7. The van der Waals surface area contributed by atoms with Crippen molar-refractivity contribution < 1.29 is 23.8 Å². The van der Waals surface area contributed by atoms with Crippen LogP contribution in [0.2, 0.25) is 0 Å². The molecular formula is C32H32N4O5S. The van der Waals surface area contributed by atoms with E-state index in [1.165, 1.54) is 11.8 Å². The Bertz CT molecular complexity index is 1600.